The third kappa shape index (κ3) is 4.07. The molecule has 0 aliphatic carbocycles. The lowest BCUT2D eigenvalue weighted by molar-refractivity contribution is -0.119. The molecule has 0 saturated heterocycles. The molecule has 26 heavy (non-hydrogen) atoms. The van der Waals surface area contributed by atoms with Gasteiger partial charge in [-0.15, -0.1) is 0 Å². The van der Waals surface area contributed by atoms with E-state index in [0.29, 0.717) is 11.1 Å². The zero-order valence-electron chi connectivity index (χ0n) is 13.5. The van der Waals surface area contributed by atoms with Crippen molar-refractivity contribution >= 4 is 63.3 Å². The predicted molar refractivity (Wildman–Crippen MR) is 110 cm³/mol. The Morgan fingerprint density at radius 1 is 1.00 bits per heavy atom. The van der Waals surface area contributed by atoms with Crippen molar-refractivity contribution in [2.24, 2.45) is 0 Å². The number of nitrogens with one attached hydrogen (secondary N) is 2. The van der Waals surface area contributed by atoms with Gasteiger partial charge < -0.3 is 10.6 Å². The molecule has 2 aromatic rings. The molecule has 0 spiro atoms. The topological polar surface area (TPSA) is 78.5 Å². The van der Waals surface area contributed by atoms with E-state index < -0.39 is 0 Å². The van der Waals surface area contributed by atoms with Crippen molar-refractivity contribution in [2.45, 2.75) is 6.42 Å². The number of hydrogen-bond donors (Lipinski definition) is 2. The number of halogens is 1. The highest BCUT2D eigenvalue weighted by molar-refractivity contribution is 14.1. The van der Waals surface area contributed by atoms with Gasteiger partial charge in [0.2, 0.25) is 5.91 Å². The number of benzene rings is 2. The maximum atomic E-state index is 12.2. The molecule has 3 amide bonds. The fraction of sp³-hybridized carbons (Fsp3) is 0.111. The Kier molecular flexibility index (Phi) is 5.62. The van der Waals surface area contributed by atoms with Gasteiger partial charge >= 0.3 is 0 Å². The van der Waals surface area contributed by atoms with Crippen molar-refractivity contribution in [3.05, 3.63) is 63.2 Å². The van der Waals surface area contributed by atoms with E-state index in [9.17, 15) is 14.4 Å². The van der Waals surface area contributed by atoms with Gasteiger partial charge in [0, 0.05) is 22.2 Å². The number of amides is 3. The monoisotopic (exact) mass is 479 g/mol. The number of carbonyl (C=O) groups is 3. The summed E-state index contributed by atoms with van der Waals surface area (Å²) in [5.74, 6) is -1.12. The highest BCUT2D eigenvalue weighted by Gasteiger charge is 2.34. The van der Waals surface area contributed by atoms with Crippen LogP contribution in [0.3, 0.4) is 0 Å². The number of carbonyl (C=O) groups excluding carboxylic acids is 3. The number of fused-ring (bicyclic) bond motifs is 1. The fourth-order valence-electron chi connectivity index (χ4n) is 2.54. The van der Waals surface area contributed by atoms with E-state index in [-0.39, 0.29) is 35.8 Å². The minimum atomic E-state index is -0.377. The van der Waals surface area contributed by atoms with Crippen LogP contribution in [-0.4, -0.2) is 34.3 Å². The van der Waals surface area contributed by atoms with E-state index in [1.807, 2.05) is 24.3 Å². The zero-order chi connectivity index (χ0) is 18.7. The summed E-state index contributed by atoms with van der Waals surface area (Å²) < 4.78 is 1.09. The van der Waals surface area contributed by atoms with Gasteiger partial charge in [-0.3, -0.25) is 19.3 Å². The van der Waals surface area contributed by atoms with Crippen LogP contribution in [0.25, 0.3) is 0 Å². The summed E-state index contributed by atoms with van der Waals surface area (Å²) in [4.78, 5) is 37.6. The number of thiocarbonyl (C=S) groups is 1. The molecule has 2 N–H and O–H groups in total. The van der Waals surface area contributed by atoms with Crippen molar-refractivity contribution < 1.29 is 14.4 Å². The Bertz CT molecular complexity index is 864. The van der Waals surface area contributed by atoms with E-state index in [1.165, 1.54) is 0 Å². The molecule has 6 nitrogen and oxygen atoms in total. The zero-order valence-corrected chi connectivity index (χ0v) is 16.5. The highest BCUT2D eigenvalue weighted by atomic mass is 127. The Hall–Kier alpha value is -2.33. The first-order chi connectivity index (χ1) is 12.5. The lowest BCUT2D eigenvalue weighted by Gasteiger charge is -2.14. The lowest BCUT2D eigenvalue weighted by atomic mass is 10.1. The maximum absolute atomic E-state index is 12.2. The quantitative estimate of drug-likeness (QED) is 0.401. The average molecular weight is 479 g/mol. The van der Waals surface area contributed by atoms with Gasteiger partial charge in [0.15, 0.2) is 5.11 Å². The van der Waals surface area contributed by atoms with Gasteiger partial charge in [0.05, 0.1) is 11.1 Å². The molecule has 8 heteroatoms. The van der Waals surface area contributed by atoms with E-state index in [1.54, 1.807) is 24.3 Å². The molecule has 132 valence electrons. The number of hydrogen-bond acceptors (Lipinski definition) is 4. The molecule has 1 aliphatic rings. The van der Waals surface area contributed by atoms with Crippen molar-refractivity contribution in [3.8, 4) is 0 Å². The second kappa shape index (κ2) is 7.92. The first-order valence-electron chi connectivity index (χ1n) is 7.77. The van der Waals surface area contributed by atoms with Crippen LogP contribution >= 0.6 is 34.8 Å². The maximum Gasteiger partial charge on any atom is 0.261 e. The Morgan fingerprint density at radius 2 is 1.58 bits per heavy atom. The first kappa shape index (κ1) is 18.5. The van der Waals surface area contributed by atoms with Crippen LogP contribution in [0.2, 0.25) is 0 Å². The van der Waals surface area contributed by atoms with Crippen LogP contribution in [-0.2, 0) is 4.79 Å². The molecule has 1 heterocycles. The van der Waals surface area contributed by atoms with E-state index in [2.05, 4.69) is 33.2 Å². The predicted octanol–water partition coefficient (Wildman–Crippen LogP) is 2.79. The number of anilines is 1. The van der Waals surface area contributed by atoms with E-state index >= 15 is 0 Å². The highest BCUT2D eigenvalue weighted by Crippen LogP contribution is 2.22. The van der Waals surface area contributed by atoms with Gasteiger partial charge in [-0.05, 0) is 71.2 Å². The van der Waals surface area contributed by atoms with Crippen molar-refractivity contribution in [1.82, 2.24) is 10.2 Å². The average Bonchev–Trinajstić information content (AvgIpc) is 2.86. The van der Waals surface area contributed by atoms with E-state index in [0.717, 1.165) is 14.2 Å². The molecule has 0 atom stereocenters. The van der Waals surface area contributed by atoms with Crippen LogP contribution in [0, 0.1) is 3.57 Å². The fourth-order valence-corrected chi connectivity index (χ4v) is 3.13. The van der Waals surface area contributed by atoms with Gasteiger partial charge in [-0.2, -0.15) is 0 Å². The van der Waals surface area contributed by atoms with Gasteiger partial charge in [-0.25, -0.2) is 0 Å². The van der Waals surface area contributed by atoms with Crippen LogP contribution in [0.4, 0.5) is 5.69 Å². The van der Waals surface area contributed by atoms with Crippen molar-refractivity contribution in [3.63, 3.8) is 0 Å². The summed E-state index contributed by atoms with van der Waals surface area (Å²) in [5.41, 5.74) is 1.50. The van der Waals surface area contributed by atoms with E-state index in [4.69, 9.17) is 12.2 Å². The number of rotatable bonds is 4. The van der Waals surface area contributed by atoms with Crippen molar-refractivity contribution in [2.75, 3.05) is 11.9 Å². The van der Waals surface area contributed by atoms with Crippen LogP contribution in [0.5, 0.6) is 0 Å². The molecule has 1 aliphatic heterocycles. The number of imide groups is 1. The normalized spacial score (nSPS) is 12.7. The van der Waals surface area contributed by atoms with Gasteiger partial charge in [-0.1, -0.05) is 12.1 Å². The molecule has 0 saturated carbocycles. The molecule has 0 bridgehead atoms. The van der Waals surface area contributed by atoms with Gasteiger partial charge in [0.1, 0.15) is 0 Å². The molecular weight excluding hydrogens is 465 g/mol. The Morgan fingerprint density at radius 3 is 2.15 bits per heavy atom. The summed E-state index contributed by atoms with van der Waals surface area (Å²) in [7, 11) is 0. The minimum Gasteiger partial charge on any atom is -0.332 e. The standard InChI is InChI=1S/C18H14IN3O3S/c19-11-5-7-12(8-6-11)20-18(26)21-15(23)9-10-22-16(24)13-3-1-2-4-14(13)17(22)25/h1-8H,9-10H2,(H2,20,21,23,26). The second-order valence-corrected chi connectivity index (χ2v) is 7.22. The number of nitrogens with zero attached hydrogens (tertiary/aromatic N) is 1. The molecule has 0 unspecified atom stereocenters. The molecule has 0 fully saturated rings. The summed E-state index contributed by atoms with van der Waals surface area (Å²) in [6.45, 7) is 0.00429. The largest absolute Gasteiger partial charge is 0.332 e. The molecular formula is C18H14IN3O3S. The summed E-state index contributed by atoms with van der Waals surface area (Å²) in [5, 5.41) is 5.62. The summed E-state index contributed by atoms with van der Waals surface area (Å²) >= 11 is 7.30. The van der Waals surface area contributed by atoms with Crippen LogP contribution < -0.4 is 10.6 Å². The minimum absolute atomic E-state index is 0.00429. The van der Waals surface area contributed by atoms with Crippen molar-refractivity contribution in [1.29, 1.82) is 0 Å². The van der Waals surface area contributed by atoms with Gasteiger partial charge in [0.25, 0.3) is 11.8 Å². The van der Waals surface area contributed by atoms with Crippen LogP contribution in [0.1, 0.15) is 27.1 Å². The van der Waals surface area contributed by atoms with Crippen LogP contribution in [0.15, 0.2) is 48.5 Å². The smallest absolute Gasteiger partial charge is 0.261 e. The first-order valence-corrected chi connectivity index (χ1v) is 9.26. The third-order valence-corrected chi connectivity index (χ3v) is 4.72. The lowest BCUT2D eigenvalue weighted by Crippen LogP contribution is -2.38. The molecule has 0 radical (unpaired) electrons. The summed E-state index contributed by atoms with van der Waals surface area (Å²) in [6.07, 6.45) is -0.0278. The Balaban J connectivity index is 1.51. The third-order valence-electron chi connectivity index (χ3n) is 3.80. The SMILES string of the molecule is O=C(CCN1C(=O)c2ccccc2C1=O)NC(=S)Nc1ccc(I)cc1. The second-order valence-electron chi connectivity index (χ2n) is 5.57. The molecule has 0 aromatic heterocycles. The molecule has 2 aromatic carbocycles. The summed E-state index contributed by atoms with van der Waals surface area (Å²) in [6, 6.07) is 14.1. The Labute approximate surface area is 169 Å². The molecule has 3 rings (SSSR count).